The first kappa shape index (κ1) is 16.0. The number of ether oxygens (including phenoxy) is 2. The van der Waals surface area contributed by atoms with Crippen LogP contribution in [0.4, 0.5) is 0 Å². The normalized spacial score (nSPS) is 10.5. The average Bonchev–Trinajstić information content (AvgIpc) is 2.55. The summed E-state index contributed by atoms with van der Waals surface area (Å²) in [6.07, 6.45) is 1.57. The Hall–Kier alpha value is -2.34. The van der Waals surface area contributed by atoms with E-state index < -0.39 is 0 Å². The van der Waals surface area contributed by atoms with Crippen molar-refractivity contribution in [3.05, 3.63) is 58.1 Å². The maximum Gasteiger partial charge on any atom is 0.275 e. The lowest BCUT2D eigenvalue weighted by atomic mass is 10.2. The van der Waals surface area contributed by atoms with Crippen molar-refractivity contribution in [3.8, 4) is 11.5 Å². The molecular formula is C16H15BrN2O3. The third-order valence-electron chi connectivity index (χ3n) is 2.90. The van der Waals surface area contributed by atoms with Crippen LogP contribution < -0.4 is 14.9 Å². The molecule has 0 saturated carbocycles. The van der Waals surface area contributed by atoms with E-state index in [1.165, 1.54) is 7.11 Å². The third kappa shape index (κ3) is 4.08. The lowest BCUT2D eigenvalue weighted by Crippen LogP contribution is -2.18. The standard InChI is InChI=1S/C16H15BrN2O3/c1-21-13-7-8-14(15(9-13)22-2)16(20)19-18-10-11-3-5-12(17)6-4-11/h3-10H,1-2H3,(H,19,20)/b18-10-. The van der Waals surface area contributed by atoms with Crippen molar-refractivity contribution < 1.29 is 14.3 Å². The lowest BCUT2D eigenvalue weighted by molar-refractivity contribution is 0.0952. The first-order valence-corrected chi connectivity index (χ1v) is 7.24. The van der Waals surface area contributed by atoms with E-state index in [2.05, 4.69) is 26.5 Å². The minimum Gasteiger partial charge on any atom is -0.497 e. The molecule has 0 spiro atoms. The minimum atomic E-state index is -0.354. The number of hydrogen-bond acceptors (Lipinski definition) is 4. The summed E-state index contributed by atoms with van der Waals surface area (Å²) in [4.78, 5) is 12.1. The smallest absolute Gasteiger partial charge is 0.275 e. The number of carbonyl (C=O) groups excluding carboxylic acids is 1. The second-order valence-corrected chi connectivity index (χ2v) is 5.23. The Labute approximate surface area is 137 Å². The molecule has 0 aromatic heterocycles. The average molecular weight is 363 g/mol. The molecule has 22 heavy (non-hydrogen) atoms. The van der Waals surface area contributed by atoms with E-state index in [-0.39, 0.29) is 5.91 Å². The van der Waals surface area contributed by atoms with Crippen LogP contribution in [0, 0.1) is 0 Å². The number of hydrogen-bond donors (Lipinski definition) is 1. The van der Waals surface area contributed by atoms with E-state index in [1.54, 1.807) is 31.5 Å². The second kappa shape index (κ2) is 7.61. The molecule has 2 aromatic rings. The highest BCUT2D eigenvalue weighted by molar-refractivity contribution is 9.10. The van der Waals surface area contributed by atoms with Crippen LogP contribution in [0.2, 0.25) is 0 Å². The van der Waals surface area contributed by atoms with Crippen molar-refractivity contribution in [2.45, 2.75) is 0 Å². The van der Waals surface area contributed by atoms with E-state index in [4.69, 9.17) is 9.47 Å². The van der Waals surface area contributed by atoms with E-state index in [9.17, 15) is 4.79 Å². The Morgan fingerprint density at radius 1 is 1.14 bits per heavy atom. The number of hydrazone groups is 1. The summed E-state index contributed by atoms with van der Waals surface area (Å²) in [5.41, 5.74) is 3.74. The first-order valence-electron chi connectivity index (χ1n) is 6.45. The molecule has 1 N–H and O–H groups in total. The van der Waals surface area contributed by atoms with Gasteiger partial charge in [0.1, 0.15) is 11.5 Å². The Kier molecular flexibility index (Phi) is 5.55. The maximum atomic E-state index is 12.1. The summed E-state index contributed by atoms with van der Waals surface area (Å²) < 4.78 is 11.3. The van der Waals surface area contributed by atoms with Crippen LogP contribution >= 0.6 is 15.9 Å². The minimum absolute atomic E-state index is 0.354. The van der Waals surface area contributed by atoms with Crippen molar-refractivity contribution in [2.75, 3.05) is 14.2 Å². The predicted octanol–water partition coefficient (Wildman–Crippen LogP) is 3.23. The summed E-state index contributed by atoms with van der Waals surface area (Å²) in [5, 5.41) is 3.94. The molecule has 0 aliphatic heterocycles. The van der Waals surface area contributed by atoms with Crippen molar-refractivity contribution in [1.82, 2.24) is 5.43 Å². The molecule has 0 unspecified atom stereocenters. The number of carbonyl (C=O) groups is 1. The van der Waals surface area contributed by atoms with Crippen molar-refractivity contribution >= 4 is 28.1 Å². The van der Waals surface area contributed by atoms with Crippen LogP contribution in [0.15, 0.2) is 52.0 Å². The van der Waals surface area contributed by atoms with Gasteiger partial charge in [-0.05, 0) is 29.8 Å². The number of nitrogens with one attached hydrogen (secondary N) is 1. The third-order valence-corrected chi connectivity index (χ3v) is 3.43. The molecule has 0 aliphatic rings. The molecule has 114 valence electrons. The number of rotatable bonds is 5. The van der Waals surface area contributed by atoms with Gasteiger partial charge in [-0.25, -0.2) is 5.43 Å². The number of benzene rings is 2. The highest BCUT2D eigenvalue weighted by Crippen LogP contribution is 2.24. The fraction of sp³-hybridized carbons (Fsp3) is 0.125. The van der Waals surface area contributed by atoms with Crippen LogP contribution in [0.3, 0.4) is 0 Å². The van der Waals surface area contributed by atoms with E-state index in [0.717, 1.165) is 10.0 Å². The molecule has 0 radical (unpaired) electrons. The molecule has 2 aromatic carbocycles. The van der Waals surface area contributed by atoms with Gasteiger partial charge in [0.15, 0.2) is 0 Å². The molecule has 0 heterocycles. The molecular weight excluding hydrogens is 348 g/mol. The quantitative estimate of drug-likeness (QED) is 0.656. The van der Waals surface area contributed by atoms with Crippen LogP contribution in [-0.4, -0.2) is 26.3 Å². The largest absolute Gasteiger partial charge is 0.497 e. The highest BCUT2D eigenvalue weighted by atomic mass is 79.9. The summed E-state index contributed by atoms with van der Waals surface area (Å²) >= 11 is 3.36. The lowest BCUT2D eigenvalue weighted by Gasteiger charge is -2.08. The van der Waals surface area contributed by atoms with Crippen LogP contribution in [0.5, 0.6) is 11.5 Å². The summed E-state index contributed by atoms with van der Waals surface area (Å²) in [7, 11) is 3.05. The molecule has 6 heteroatoms. The molecule has 0 aliphatic carbocycles. The topological polar surface area (TPSA) is 59.9 Å². The molecule has 0 atom stereocenters. The number of methoxy groups -OCH3 is 2. The van der Waals surface area contributed by atoms with Crippen LogP contribution in [0.1, 0.15) is 15.9 Å². The molecule has 5 nitrogen and oxygen atoms in total. The molecule has 0 bridgehead atoms. The van der Waals surface area contributed by atoms with E-state index in [0.29, 0.717) is 17.1 Å². The molecule has 0 fully saturated rings. The Morgan fingerprint density at radius 2 is 1.86 bits per heavy atom. The van der Waals surface area contributed by atoms with E-state index >= 15 is 0 Å². The van der Waals surface area contributed by atoms with Crippen molar-refractivity contribution in [1.29, 1.82) is 0 Å². The second-order valence-electron chi connectivity index (χ2n) is 4.32. The number of halogens is 1. The maximum absolute atomic E-state index is 12.1. The van der Waals surface area contributed by atoms with Gasteiger partial charge in [0.25, 0.3) is 5.91 Å². The van der Waals surface area contributed by atoms with Gasteiger partial charge in [0.05, 0.1) is 26.0 Å². The van der Waals surface area contributed by atoms with Crippen LogP contribution in [0.25, 0.3) is 0 Å². The van der Waals surface area contributed by atoms with E-state index in [1.807, 2.05) is 24.3 Å². The molecule has 0 saturated heterocycles. The SMILES string of the molecule is COc1ccc(C(=O)N/N=C\c2ccc(Br)cc2)c(OC)c1. The van der Waals surface area contributed by atoms with Crippen molar-refractivity contribution in [2.24, 2.45) is 5.10 Å². The Morgan fingerprint density at radius 3 is 2.50 bits per heavy atom. The Bertz CT molecular complexity index is 684. The predicted molar refractivity (Wildman–Crippen MR) is 88.7 cm³/mol. The zero-order chi connectivity index (χ0) is 15.9. The van der Waals surface area contributed by atoms with Gasteiger partial charge >= 0.3 is 0 Å². The summed E-state index contributed by atoms with van der Waals surface area (Å²) in [5.74, 6) is 0.690. The highest BCUT2D eigenvalue weighted by Gasteiger charge is 2.12. The van der Waals surface area contributed by atoms with Gasteiger partial charge in [-0.2, -0.15) is 5.10 Å². The van der Waals surface area contributed by atoms with Crippen molar-refractivity contribution in [3.63, 3.8) is 0 Å². The number of amides is 1. The van der Waals surface area contributed by atoms with Gasteiger partial charge in [-0.15, -0.1) is 0 Å². The Balaban J connectivity index is 2.07. The molecule has 2 rings (SSSR count). The van der Waals surface area contributed by atoms with Crippen LogP contribution in [-0.2, 0) is 0 Å². The zero-order valence-electron chi connectivity index (χ0n) is 12.2. The fourth-order valence-electron chi connectivity index (χ4n) is 1.76. The first-order chi connectivity index (χ1) is 10.6. The summed E-state index contributed by atoms with van der Waals surface area (Å²) in [6, 6.07) is 12.5. The van der Waals surface area contributed by atoms with Gasteiger partial charge in [0.2, 0.25) is 0 Å². The zero-order valence-corrected chi connectivity index (χ0v) is 13.8. The monoisotopic (exact) mass is 362 g/mol. The molecule has 1 amide bonds. The summed E-state index contributed by atoms with van der Waals surface area (Å²) in [6.45, 7) is 0. The van der Waals surface area contributed by atoms with Gasteiger partial charge in [-0.3, -0.25) is 4.79 Å². The van der Waals surface area contributed by atoms with Gasteiger partial charge in [-0.1, -0.05) is 28.1 Å². The fourth-order valence-corrected chi connectivity index (χ4v) is 2.02. The van der Waals surface area contributed by atoms with Gasteiger partial charge in [0, 0.05) is 10.5 Å². The number of nitrogens with zero attached hydrogens (tertiary/aromatic N) is 1. The van der Waals surface area contributed by atoms with Gasteiger partial charge < -0.3 is 9.47 Å².